The number of alkyl halides is 1. The monoisotopic (exact) mass is 416 g/mol. The largest absolute Gasteiger partial charge is 0.364 e. The molecule has 7 nitrogen and oxygen atoms in total. The molecule has 0 saturated heterocycles. The topological polar surface area (TPSA) is 94.3 Å². The van der Waals surface area contributed by atoms with Crippen molar-refractivity contribution >= 4 is 38.9 Å². The van der Waals surface area contributed by atoms with E-state index >= 15 is 0 Å². The molecule has 2 atom stereocenters. The second kappa shape index (κ2) is 7.04. The highest BCUT2D eigenvalue weighted by Crippen LogP contribution is 2.28. The highest BCUT2D eigenvalue weighted by molar-refractivity contribution is 9.10. The Morgan fingerprint density at radius 2 is 2.33 bits per heavy atom. The molecule has 0 radical (unpaired) electrons. The van der Waals surface area contributed by atoms with Crippen LogP contribution in [0.2, 0.25) is 5.28 Å². The van der Waals surface area contributed by atoms with Gasteiger partial charge in [-0.1, -0.05) is 5.16 Å². The number of halogens is 3. The zero-order valence-corrected chi connectivity index (χ0v) is 15.1. The summed E-state index contributed by atoms with van der Waals surface area (Å²) in [6.07, 6.45) is 0.742. The van der Waals surface area contributed by atoms with Crippen molar-refractivity contribution in [2.45, 2.75) is 32.1 Å². The van der Waals surface area contributed by atoms with Gasteiger partial charge in [0.2, 0.25) is 5.28 Å². The molecule has 0 saturated carbocycles. The molecule has 3 rings (SSSR count). The van der Waals surface area contributed by atoms with Crippen LogP contribution in [0.4, 0.5) is 10.2 Å². The summed E-state index contributed by atoms with van der Waals surface area (Å²) in [4.78, 5) is 4.21. The Kier molecular flexibility index (Phi) is 5.02. The normalized spacial score (nSPS) is 14.0. The molecule has 3 aromatic rings. The second-order valence-corrected chi connectivity index (χ2v) is 6.47. The van der Waals surface area contributed by atoms with Gasteiger partial charge in [-0.05, 0) is 52.5 Å². The van der Waals surface area contributed by atoms with Gasteiger partial charge in [-0.25, -0.2) is 8.91 Å². The third kappa shape index (κ3) is 3.52. The lowest BCUT2D eigenvalue weighted by Gasteiger charge is -2.11. The van der Waals surface area contributed by atoms with Gasteiger partial charge in [0.25, 0.3) is 0 Å². The molecule has 3 N–H and O–H groups in total. The summed E-state index contributed by atoms with van der Waals surface area (Å²) in [5.74, 6) is 0.534. The van der Waals surface area contributed by atoms with E-state index in [9.17, 15) is 4.39 Å². The Morgan fingerprint density at radius 1 is 1.54 bits per heavy atom. The van der Waals surface area contributed by atoms with Crippen LogP contribution in [0.1, 0.15) is 18.2 Å². The van der Waals surface area contributed by atoms with Gasteiger partial charge in [0.05, 0.1) is 6.54 Å². The zero-order chi connectivity index (χ0) is 17.3. The minimum absolute atomic E-state index is 0.0798. The molecule has 10 heteroatoms. The van der Waals surface area contributed by atoms with Gasteiger partial charge in [0, 0.05) is 12.1 Å². The van der Waals surface area contributed by atoms with Crippen molar-refractivity contribution in [1.82, 2.24) is 19.8 Å². The number of rotatable bonds is 6. The van der Waals surface area contributed by atoms with Crippen LogP contribution in [-0.2, 0) is 13.0 Å². The molecule has 0 amide bonds. The van der Waals surface area contributed by atoms with E-state index in [2.05, 4.69) is 36.5 Å². The molecule has 0 fully saturated rings. The lowest BCUT2D eigenvalue weighted by Crippen LogP contribution is -2.31. The highest BCUT2D eigenvalue weighted by atomic mass is 79.9. The predicted octanol–water partition coefficient (Wildman–Crippen LogP) is 2.97. The maximum atomic E-state index is 13.4. The van der Waals surface area contributed by atoms with Crippen molar-refractivity contribution in [1.29, 1.82) is 0 Å². The van der Waals surface area contributed by atoms with Crippen molar-refractivity contribution in [2.75, 3.05) is 5.32 Å². The molecule has 128 valence electrons. The van der Waals surface area contributed by atoms with Gasteiger partial charge in [-0.3, -0.25) is 0 Å². The van der Waals surface area contributed by atoms with E-state index in [-0.39, 0.29) is 5.28 Å². The first kappa shape index (κ1) is 17.1. The Labute approximate surface area is 150 Å². The smallest absolute Gasteiger partial charge is 0.243 e. The molecule has 3 heterocycles. The summed E-state index contributed by atoms with van der Waals surface area (Å²) in [6.45, 7) is 1.86. The number of fused-ring (bicyclic) bond motifs is 1. The molecule has 0 aliphatic rings. The molecule has 24 heavy (non-hydrogen) atoms. The summed E-state index contributed by atoms with van der Waals surface area (Å²) in [6, 6.07) is 3.00. The quantitative estimate of drug-likeness (QED) is 0.640. The van der Waals surface area contributed by atoms with E-state index in [1.165, 1.54) is 13.2 Å². The molecule has 0 aromatic carbocycles. The molecule has 0 bridgehead atoms. The number of nitrogens with two attached hydrogens (primary N) is 1. The van der Waals surface area contributed by atoms with Crippen LogP contribution < -0.4 is 11.1 Å². The number of aromatic nitrogens is 4. The van der Waals surface area contributed by atoms with Gasteiger partial charge in [-0.2, -0.15) is 4.98 Å². The molecule has 0 aliphatic heterocycles. The maximum absolute atomic E-state index is 13.4. The van der Waals surface area contributed by atoms with Crippen molar-refractivity contribution in [2.24, 2.45) is 5.73 Å². The van der Waals surface area contributed by atoms with E-state index in [1.54, 1.807) is 10.6 Å². The SMILES string of the molecule is C[C@H](F)[C@H](N)Cc1cc2c(NCc3ccon3)nc(Cl)nn2c1Br. The number of hydrogen-bond acceptors (Lipinski definition) is 6. The zero-order valence-electron chi connectivity index (χ0n) is 12.7. The number of nitrogens with zero attached hydrogens (tertiary/aromatic N) is 4. The third-order valence-electron chi connectivity index (χ3n) is 3.59. The van der Waals surface area contributed by atoms with Crippen LogP contribution in [0.5, 0.6) is 0 Å². The lowest BCUT2D eigenvalue weighted by atomic mass is 10.1. The lowest BCUT2D eigenvalue weighted by molar-refractivity contribution is 0.304. The second-order valence-electron chi connectivity index (χ2n) is 5.38. The van der Waals surface area contributed by atoms with Crippen LogP contribution in [0.25, 0.3) is 5.52 Å². The van der Waals surface area contributed by atoms with Gasteiger partial charge in [-0.15, -0.1) is 5.10 Å². The number of hydrogen-bond donors (Lipinski definition) is 2. The predicted molar refractivity (Wildman–Crippen MR) is 91.8 cm³/mol. The van der Waals surface area contributed by atoms with E-state index in [1.807, 2.05) is 6.07 Å². The first-order valence-corrected chi connectivity index (χ1v) is 8.39. The standard InChI is InChI=1S/C14H15BrClFN6O/c1-7(17)10(18)4-8-5-11-13(19-6-9-2-3-24-22-9)20-14(16)21-23(11)12(8)15/h2-3,5,7,10H,4,6,18H2,1H3,(H,19,20,21)/t7-,10+/m0/s1. The summed E-state index contributed by atoms with van der Waals surface area (Å²) in [5.41, 5.74) is 8.08. The average molecular weight is 418 g/mol. The van der Waals surface area contributed by atoms with Crippen LogP contribution >= 0.6 is 27.5 Å². The molecule has 0 unspecified atom stereocenters. The van der Waals surface area contributed by atoms with E-state index in [4.69, 9.17) is 21.9 Å². The van der Waals surface area contributed by atoms with Crippen molar-refractivity contribution in [3.63, 3.8) is 0 Å². The van der Waals surface area contributed by atoms with Gasteiger partial charge >= 0.3 is 0 Å². The molecule has 0 spiro atoms. The summed E-state index contributed by atoms with van der Waals surface area (Å²) < 4.78 is 20.4. The Hall–Kier alpha value is -1.71. The van der Waals surface area contributed by atoms with Crippen LogP contribution in [0, 0.1) is 0 Å². The fourth-order valence-corrected chi connectivity index (χ4v) is 2.95. The molecular weight excluding hydrogens is 403 g/mol. The minimum atomic E-state index is -1.11. The fourth-order valence-electron chi connectivity index (χ4n) is 2.24. The number of anilines is 1. The highest BCUT2D eigenvalue weighted by Gasteiger charge is 2.19. The minimum Gasteiger partial charge on any atom is -0.364 e. The van der Waals surface area contributed by atoms with Crippen LogP contribution in [-0.4, -0.2) is 32.0 Å². The van der Waals surface area contributed by atoms with Crippen LogP contribution in [0.3, 0.4) is 0 Å². The first-order chi connectivity index (χ1) is 11.5. The van der Waals surface area contributed by atoms with Gasteiger partial charge in [0.15, 0.2) is 5.82 Å². The van der Waals surface area contributed by atoms with Crippen molar-refractivity contribution in [3.05, 3.63) is 39.5 Å². The van der Waals surface area contributed by atoms with E-state index in [0.29, 0.717) is 28.9 Å². The number of nitrogens with one attached hydrogen (secondary N) is 1. The first-order valence-electron chi connectivity index (χ1n) is 7.22. The Bertz CT molecular complexity index is 838. The molecular formula is C14H15BrClFN6O. The average Bonchev–Trinajstić information content (AvgIpc) is 3.15. The van der Waals surface area contributed by atoms with Crippen molar-refractivity contribution < 1.29 is 8.91 Å². The Balaban J connectivity index is 1.94. The fraction of sp³-hybridized carbons (Fsp3) is 0.357. The van der Waals surface area contributed by atoms with E-state index in [0.717, 1.165) is 11.3 Å². The summed E-state index contributed by atoms with van der Waals surface area (Å²) in [5, 5.41) is 11.2. The maximum Gasteiger partial charge on any atom is 0.243 e. The Morgan fingerprint density at radius 3 is 3.00 bits per heavy atom. The van der Waals surface area contributed by atoms with Gasteiger partial charge in [0.1, 0.15) is 28.2 Å². The molecule has 0 aliphatic carbocycles. The summed E-state index contributed by atoms with van der Waals surface area (Å²) >= 11 is 9.47. The van der Waals surface area contributed by atoms with Crippen molar-refractivity contribution in [3.8, 4) is 0 Å². The summed E-state index contributed by atoms with van der Waals surface area (Å²) in [7, 11) is 0. The molecule has 3 aromatic heterocycles. The third-order valence-corrected chi connectivity index (χ3v) is 4.60. The van der Waals surface area contributed by atoms with E-state index < -0.39 is 12.2 Å². The van der Waals surface area contributed by atoms with Gasteiger partial charge < -0.3 is 15.6 Å². The van der Waals surface area contributed by atoms with Crippen LogP contribution in [0.15, 0.2) is 27.5 Å².